The van der Waals surface area contributed by atoms with Crippen molar-refractivity contribution in [1.29, 1.82) is 0 Å². The molecule has 5 heteroatoms. The number of hydrogen-bond acceptors (Lipinski definition) is 5. The Balaban J connectivity index is 2.02. The van der Waals surface area contributed by atoms with Gasteiger partial charge in [-0.15, -0.1) is 0 Å². The molecule has 16 heavy (non-hydrogen) atoms. The topological polar surface area (TPSA) is 70.5 Å². The standard InChI is InChI=1S/C11H10N2O3/c12-11-4-10(16-13-11)7-1-2-8-5-14-6-15-9(8)3-7/h1-4H,5-6H2,(H2,12,13). The largest absolute Gasteiger partial charge is 0.467 e. The molecule has 0 atom stereocenters. The van der Waals surface area contributed by atoms with E-state index in [1.807, 2.05) is 18.2 Å². The summed E-state index contributed by atoms with van der Waals surface area (Å²) in [6.45, 7) is 0.864. The van der Waals surface area contributed by atoms with Crippen molar-refractivity contribution >= 4 is 5.82 Å². The van der Waals surface area contributed by atoms with E-state index in [0.717, 1.165) is 16.9 Å². The summed E-state index contributed by atoms with van der Waals surface area (Å²) in [5.74, 6) is 1.83. The van der Waals surface area contributed by atoms with Crippen molar-refractivity contribution in [2.24, 2.45) is 0 Å². The predicted octanol–water partition coefficient (Wildman–Crippen LogP) is 1.79. The van der Waals surface area contributed by atoms with E-state index in [-0.39, 0.29) is 6.79 Å². The van der Waals surface area contributed by atoms with Gasteiger partial charge in [-0.25, -0.2) is 0 Å². The Labute approximate surface area is 91.7 Å². The molecular formula is C11H10N2O3. The molecule has 2 heterocycles. The molecule has 0 unspecified atom stereocenters. The number of fused-ring (bicyclic) bond motifs is 1. The van der Waals surface area contributed by atoms with Gasteiger partial charge in [0.1, 0.15) is 5.75 Å². The highest BCUT2D eigenvalue weighted by Crippen LogP contribution is 2.30. The zero-order valence-corrected chi connectivity index (χ0v) is 8.47. The maximum atomic E-state index is 5.50. The van der Waals surface area contributed by atoms with Crippen LogP contribution in [0.2, 0.25) is 0 Å². The van der Waals surface area contributed by atoms with Gasteiger partial charge in [-0.2, -0.15) is 0 Å². The quantitative estimate of drug-likeness (QED) is 0.790. The molecule has 2 aromatic rings. The van der Waals surface area contributed by atoms with Crippen LogP contribution in [0.3, 0.4) is 0 Å². The molecule has 0 aliphatic carbocycles. The molecule has 5 nitrogen and oxygen atoms in total. The Kier molecular flexibility index (Phi) is 2.04. The van der Waals surface area contributed by atoms with Crippen molar-refractivity contribution in [3.8, 4) is 17.1 Å². The second kappa shape index (κ2) is 3.53. The second-order valence-corrected chi connectivity index (χ2v) is 3.55. The highest BCUT2D eigenvalue weighted by molar-refractivity contribution is 5.63. The van der Waals surface area contributed by atoms with Gasteiger partial charge in [0.25, 0.3) is 0 Å². The van der Waals surface area contributed by atoms with E-state index in [4.69, 9.17) is 19.7 Å². The fraction of sp³-hybridized carbons (Fsp3) is 0.182. The van der Waals surface area contributed by atoms with Gasteiger partial charge in [0.2, 0.25) is 0 Å². The fourth-order valence-corrected chi connectivity index (χ4v) is 1.64. The van der Waals surface area contributed by atoms with Gasteiger partial charge in [-0.1, -0.05) is 17.3 Å². The molecule has 1 aliphatic heterocycles. The molecule has 1 aromatic carbocycles. The van der Waals surface area contributed by atoms with Crippen molar-refractivity contribution in [2.45, 2.75) is 6.61 Å². The molecule has 0 saturated carbocycles. The van der Waals surface area contributed by atoms with Crippen LogP contribution in [-0.2, 0) is 11.3 Å². The lowest BCUT2D eigenvalue weighted by molar-refractivity contribution is -0.0163. The van der Waals surface area contributed by atoms with Crippen LogP contribution in [0.15, 0.2) is 28.8 Å². The Hall–Kier alpha value is -2.01. The van der Waals surface area contributed by atoms with Gasteiger partial charge in [0.05, 0.1) is 6.61 Å². The summed E-state index contributed by atoms with van der Waals surface area (Å²) in [7, 11) is 0. The minimum Gasteiger partial charge on any atom is -0.467 e. The molecule has 1 aliphatic rings. The molecule has 3 rings (SSSR count). The minimum atomic E-state index is 0.287. The van der Waals surface area contributed by atoms with Crippen molar-refractivity contribution in [1.82, 2.24) is 5.16 Å². The van der Waals surface area contributed by atoms with Gasteiger partial charge in [0, 0.05) is 17.2 Å². The van der Waals surface area contributed by atoms with Crippen LogP contribution >= 0.6 is 0 Å². The van der Waals surface area contributed by atoms with Gasteiger partial charge in [-0.05, 0) is 6.07 Å². The van der Waals surface area contributed by atoms with E-state index in [0.29, 0.717) is 18.2 Å². The molecule has 0 saturated heterocycles. The highest BCUT2D eigenvalue weighted by atomic mass is 16.7. The van der Waals surface area contributed by atoms with E-state index >= 15 is 0 Å². The first-order chi connectivity index (χ1) is 7.83. The van der Waals surface area contributed by atoms with Crippen molar-refractivity contribution in [3.05, 3.63) is 29.8 Å². The smallest absolute Gasteiger partial charge is 0.189 e. The average molecular weight is 218 g/mol. The summed E-state index contributed by atoms with van der Waals surface area (Å²) in [6, 6.07) is 7.46. The minimum absolute atomic E-state index is 0.287. The number of nitrogens with two attached hydrogens (primary N) is 1. The Morgan fingerprint density at radius 1 is 1.25 bits per heavy atom. The lowest BCUT2D eigenvalue weighted by atomic mass is 10.1. The molecule has 0 spiro atoms. The zero-order chi connectivity index (χ0) is 11.0. The van der Waals surface area contributed by atoms with Gasteiger partial charge >= 0.3 is 0 Å². The molecule has 0 bridgehead atoms. The second-order valence-electron chi connectivity index (χ2n) is 3.55. The number of benzene rings is 1. The van der Waals surface area contributed by atoms with E-state index in [9.17, 15) is 0 Å². The molecule has 82 valence electrons. The predicted molar refractivity (Wildman–Crippen MR) is 56.6 cm³/mol. The SMILES string of the molecule is Nc1cc(-c2ccc3c(c2)OCOC3)on1. The Morgan fingerprint density at radius 2 is 2.19 bits per heavy atom. The fourth-order valence-electron chi connectivity index (χ4n) is 1.64. The van der Waals surface area contributed by atoms with Crippen molar-refractivity contribution in [2.75, 3.05) is 12.5 Å². The summed E-state index contributed by atoms with van der Waals surface area (Å²) < 4.78 is 15.6. The summed E-state index contributed by atoms with van der Waals surface area (Å²) in [4.78, 5) is 0. The van der Waals surface area contributed by atoms with Crippen LogP contribution in [0.4, 0.5) is 5.82 Å². The average Bonchev–Trinajstić information content (AvgIpc) is 2.75. The third kappa shape index (κ3) is 1.51. The first kappa shape index (κ1) is 9.23. The summed E-state index contributed by atoms with van der Waals surface area (Å²) in [5, 5.41) is 3.64. The van der Waals surface area contributed by atoms with Crippen LogP contribution in [0, 0.1) is 0 Å². The molecule has 0 fully saturated rings. The highest BCUT2D eigenvalue weighted by Gasteiger charge is 2.13. The Bertz CT molecular complexity index is 522. The summed E-state index contributed by atoms with van der Waals surface area (Å²) >= 11 is 0. The normalized spacial score (nSPS) is 14.2. The zero-order valence-electron chi connectivity index (χ0n) is 8.47. The van der Waals surface area contributed by atoms with E-state index in [2.05, 4.69) is 5.16 Å². The molecule has 0 amide bonds. The number of ether oxygens (including phenoxy) is 2. The third-order valence-corrected chi connectivity index (χ3v) is 2.44. The van der Waals surface area contributed by atoms with Crippen LogP contribution in [-0.4, -0.2) is 11.9 Å². The van der Waals surface area contributed by atoms with Crippen molar-refractivity contribution in [3.63, 3.8) is 0 Å². The van der Waals surface area contributed by atoms with Crippen LogP contribution in [0.1, 0.15) is 5.56 Å². The third-order valence-electron chi connectivity index (χ3n) is 2.44. The lowest BCUT2D eigenvalue weighted by Gasteiger charge is -2.17. The maximum absolute atomic E-state index is 5.50. The summed E-state index contributed by atoms with van der Waals surface area (Å²) in [5.41, 5.74) is 7.42. The van der Waals surface area contributed by atoms with Crippen LogP contribution in [0.25, 0.3) is 11.3 Å². The van der Waals surface area contributed by atoms with Crippen LogP contribution < -0.4 is 10.5 Å². The monoisotopic (exact) mass is 218 g/mol. The maximum Gasteiger partial charge on any atom is 0.189 e. The van der Waals surface area contributed by atoms with Crippen molar-refractivity contribution < 1.29 is 14.0 Å². The summed E-state index contributed by atoms with van der Waals surface area (Å²) in [6.07, 6.45) is 0. The molecule has 1 aromatic heterocycles. The molecule has 2 N–H and O–H groups in total. The van der Waals surface area contributed by atoms with E-state index in [1.165, 1.54) is 0 Å². The first-order valence-electron chi connectivity index (χ1n) is 4.89. The number of nitrogen functional groups attached to an aromatic ring is 1. The Morgan fingerprint density at radius 3 is 3.00 bits per heavy atom. The number of hydrogen-bond donors (Lipinski definition) is 1. The van der Waals surface area contributed by atoms with Gasteiger partial charge in [0.15, 0.2) is 18.4 Å². The molecular weight excluding hydrogens is 208 g/mol. The number of nitrogens with zero attached hydrogens (tertiary/aromatic N) is 1. The first-order valence-corrected chi connectivity index (χ1v) is 4.89. The van der Waals surface area contributed by atoms with Gasteiger partial charge < -0.3 is 19.7 Å². The molecule has 0 radical (unpaired) electrons. The number of rotatable bonds is 1. The lowest BCUT2D eigenvalue weighted by Crippen LogP contribution is -2.10. The van der Waals surface area contributed by atoms with Crippen LogP contribution in [0.5, 0.6) is 5.75 Å². The van der Waals surface area contributed by atoms with E-state index in [1.54, 1.807) is 6.07 Å². The number of aromatic nitrogens is 1. The van der Waals surface area contributed by atoms with E-state index < -0.39 is 0 Å². The number of anilines is 1. The van der Waals surface area contributed by atoms with Gasteiger partial charge in [-0.3, -0.25) is 0 Å².